The van der Waals surface area contributed by atoms with Crippen LogP contribution in [-0.4, -0.2) is 32.2 Å². The van der Waals surface area contributed by atoms with Gasteiger partial charge in [0.1, 0.15) is 0 Å². The van der Waals surface area contributed by atoms with Crippen LogP contribution < -0.4 is 0 Å². The summed E-state index contributed by atoms with van der Waals surface area (Å²) >= 11 is 5.95. The predicted molar refractivity (Wildman–Crippen MR) is 124 cm³/mol. The zero-order valence-electron chi connectivity index (χ0n) is 17.7. The van der Waals surface area contributed by atoms with Gasteiger partial charge in [0.25, 0.3) is 0 Å². The van der Waals surface area contributed by atoms with E-state index in [1.807, 2.05) is 18.2 Å². The third-order valence-electron chi connectivity index (χ3n) is 5.89. The van der Waals surface area contributed by atoms with Crippen molar-refractivity contribution in [2.45, 2.75) is 24.0 Å². The number of halogens is 4. The number of rotatable bonds is 6. The maximum atomic E-state index is 13.0. The molecule has 1 heterocycles. The monoisotopic (exact) mass is 493 g/mol. The fourth-order valence-corrected chi connectivity index (χ4v) is 6.42. The first-order valence-electron chi connectivity index (χ1n) is 10.6. The first-order valence-corrected chi connectivity index (χ1v) is 12.6. The van der Waals surface area contributed by atoms with Gasteiger partial charge in [-0.3, -0.25) is 4.90 Å². The molecule has 0 aromatic heterocycles. The molecule has 1 fully saturated rings. The van der Waals surface area contributed by atoms with Crippen molar-refractivity contribution in [2.75, 3.05) is 18.8 Å². The van der Waals surface area contributed by atoms with E-state index in [0.717, 1.165) is 35.4 Å². The molecule has 0 aliphatic carbocycles. The van der Waals surface area contributed by atoms with Crippen molar-refractivity contribution in [1.82, 2.24) is 4.90 Å². The van der Waals surface area contributed by atoms with Gasteiger partial charge < -0.3 is 0 Å². The number of hydrogen-bond donors (Lipinski definition) is 0. The first kappa shape index (κ1) is 23.8. The smallest absolute Gasteiger partial charge is 0.299 e. The van der Waals surface area contributed by atoms with Crippen LogP contribution in [-0.2, 0) is 22.6 Å². The number of nitrogens with zero attached hydrogens (tertiary/aromatic N) is 1. The Labute approximate surface area is 196 Å². The molecule has 33 heavy (non-hydrogen) atoms. The SMILES string of the molecule is O=S(=O)(C[C@@H]1CCN(Cc2ccc(-c3ccccc3)cc2)C1)c1cc(C(F)(F)F)ccc1Cl. The normalized spacial score (nSPS) is 17.4. The maximum absolute atomic E-state index is 13.0. The third-order valence-corrected chi connectivity index (χ3v) is 8.25. The van der Waals surface area contributed by atoms with Crippen LogP contribution in [0, 0.1) is 5.92 Å². The lowest BCUT2D eigenvalue weighted by atomic mass is 10.0. The molecule has 0 N–H and O–H groups in total. The Hall–Kier alpha value is -2.35. The van der Waals surface area contributed by atoms with E-state index in [4.69, 9.17) is 11.6 Å². The Kier molecular flexibility index (Phi) is 6.84. The summed E-state index contributed by atoms with van der Waals surface area (Å²) in [4.78, 5) is 1.72. The molecular formula is C25H23ClF3NO2S. The minimum Gasteiger partial charge on any atom is -0.299 e. The molecule has 0 spiro atoms. The summed E-state index contributed by atoms with van der Waals surface area (Å²) in [5, 5.41) is -0.184. The highest BCUT2D eigenvalue weighted by Gasteiger charge is 2.34. The van der Waals surface area contributed by atoms with Gasteiger partial charge in [0.15, 0.2) is 9.84 Å². The molecule has 8 heteroatoms. The third kappa shape index (κ3) is 5.78. The molecule has 174 valence electrons. The van der Waals surface area contributed by atoms with Crippen molar-refractivity contribution >= 4 is 21.4 Å². The summed E-state index contributed by atoms with van der Waals surface area (Å²) in [6.45, 7) is 1.99. The fraction of sp³-hybridized carbons (Fsp3) is 0.280. The highest BCUT2D eigenvalue weighted by molar-refractivity contribution is 7.91. The molecule has 1 aliphatic rings. The lowest BCUT2D eigenvalue weighted by Gasteiger charge is -2.17. The van der Waals surface area contributed by atoms with Crippen molar-refractivity contribution in [3.63, 3.8) is 0 Å². The molecule has 1 aliphatic heterocycles. The summed E-state index contributed by atoms with van der Waals surface area (Å²) in [7, 11) is -3.95. The number of sulfone groups is 1. The minimum atomic E-state index is -4.63. The van der Waals surface area contributed by atoms with E-state index in [2.05, 4.69) is 41.3 Å². The molecule has 0 saturated carbocycles. The average molecular weight is 494 g/mol. The van der Waals surface area contributed by atoms with Crippen LogP contribution in [0.4, 0.5) is 13.2 Å². The van der Waals surface area contributed by atoms with Gasteiger partial charge in [0.2, 0.25) is 0 Å². The van der Waals surface area contributed by atoms with Crippen LogP contribution >= 0.6 is 11.6 Å². The number of hydrogen-bond acceptors (Lipinski definition) is 3. The fourth-order valence-electron chi connectivity index (χ4n) is 4.20. The second-order valence-electron chi connectivity index (χ2n) is 8.38. The molecule has 4 rings (SSSR count). The molecule has 0 unspecified atom stereocenters. The summed E-state index contributed by atoms with van der Waals surface area (Å²) < 4.78 is 64.8. The van der Waals surface area contributed by atoms with Crippen LogP contribution in [0.5, 0.6) is 0 Å². The van der Waals surface area contributed by atoms with E-state index in [1.54, 1.807) is 0 Å². The predicted octanol–water partition coefficient (Wildman–Crippen LogP) is 6.32. The Morgan fingerprint density at radius 3 is 2.27 bits per heavy atom. The number of alkyl halides is 3. The van der Waals surface area contributed by atoms with Crippen LogP contribution in [0.2, 0.25) is 5.02 Å². The van der Waals surface area contributed by atoms with Gasteiger partial charge in [-0.15, -0.1) is 0 Å². The maximum Gasteiger partial charge on any atom is 0.416 e. The van der Waals surface area contributed by atoms with Crippen molar-refractivity contribution in [1.29, 1.82) is 0 Å². The van der Waals surface area contributed by atoms with Crippen LogP contribution in [0.25, 0.3) is 11.1 Å². The Bertz CT molecular complexity index is 1210. The van der Waals surface area contributed by atoms with Gasteiger partial charge in [-0.05, 0) is 53.8 Å². The van der Waals surface area contributed by atoms with E-state index in [9.17, 15) is 21.6 Å². The zero-order chi connectivity index (χ0) is 23.6. The second kappa shape index (κ2) is 9.49. The molecule has 3 aromatic carbocycles. The highest BCUT2D eigenvalue weighted by Crippen LogP contribution is 2.34. The molecule has 3 aromatic rings. The van der Waals surface area contributed by atoms with Crippen molar-refractivity contribution in [2.24, 2.45) is 5.92 Å². The molecular weight excluding hydrogens is 471 g/mol. The van der Waals surface area contributed by atoms with E-state index in [0.29, 0.717) is 25.6 Å². The Morgan fingerprint density at radius 1 is 0.939 bits per heavy atom. The average Bonchev–Trinajstić information content (AvgIpc) is 3.20. The van der Waals surface area contributed by atoms with Crippen molar-refractivity contribution in [3.05, 3.63) is 88.9 Å². The standard InChI is InChI=1S/C25H23ClF3NO2S/c26-23-11-10-22(25(27,28)29)14-24(23)33(31,32)17-19-12-13-30(16-19)15-18-6-8-21(9-7-18)20-4-2-1-3-5-20/h1-11,14,19H,12-13,15-17H2/t19-/m1/s1. The van der Waals surface area contributed by atoms with Gasteiger partial charge in [0.05, 0.1) is 21.2 Å². The van der Waals surface area contributed by atoms with E-state index >= 15 is 0 Å². The van der Waals surface area contributed by atoms with E-state index in [-0.39, 0.29) is 16.7 Å². The second-order valence-corrected chi connectivity index (χ2v) is 10.8. The summed E-state index contributed by atoms with van der Waals surface area (Å²) in [6, 6.07) is 20.8. The van der Waals surface area contributed by atoms with E-state index in [1.165, 1.54) is 0 Å². The summed E-state index contributed by atoms with van der Waals surface area (Å²) in [5.74, 6) is -0.388. The van der Waals surface area contributed by atoms with E-state index < -0.39 is 26.5 Å². The highest BCUT2D eigenvalue weighted by atomic mass is 35.5. The van der Waals surface area contributed by atoms with Crippen molar-refractivity contribution in [3.8, 4) is 11.1 Å². The Balaban J connectivity index is 1.39. The quantitative estimate of drug-likeness (QED) is 0.403. The number of benzene rings is 3. The molecule has 1 atom stereocenters. The van der Waals surface area contributed by atoms with Crippen molar-refractivity contribution < 1.29 is 21.6 Å². The lowest BCUT2D eigenvalue weighted by Crippen LogP contribution is -2.23. The van der Waals surface area contributed by atoms with Gasteiger partial charge in [-0.25, -0.2) is 8.42 Å². The first-order chi connectivity index (χ1) is 15.6. The molecule has 0 radical (unpaired) electrons. The molecule has 3 nitrogen and oxygen atoms in total. The topological polar surface area (TPSA) is 37.4 Å². The van der Waals surface area contributed by atoms with Gasteiger partial charge >= 0.3 is 6.18 Å². The van der Waals surface area contributed by atoms with Crippen LogP contribution in [0.1, 0.15) is 17.5 Å². The lowest BCUT2D eigenvalue weighted by molar-refractivity contribution is -0.137. The van der Waals surface area contributed by atoms with Crippen LogP contribution in [0.3, 0.4) is 0 Å². The Morgan fingerprint density at radius 2 is 1.61 bits per heavy atom. The van der Waals surface area contributed by atoms with Gasteiger partial charge in [-0.2, -0.15) is 13.2 Å². The zero-order valence-corrected chi connectivity index (χ0v) is 19.3. The van der Waals surface area contributed by atoms with Crippen LogP contribution in [0.15, 0.2) is 77.7 Å². The summed E-state index contributed by atoms with van der Waals surface area (Å²) in [6.07, 6.45) is -3.97. The molecule has 0 amide bonds. The minimum absolute atomic E-state index is 0.163. The van der Waals surface area contributed by atoms with Gasteiger partial charge in [0, 0.05) is 13.1 Å². The molecule has 1 saturated heterocycles. The number of likely N-dealkylation sites (tertiary alicyclic amines) is 1. The molecule has 0 bridgehead atoms. The van der Waals surface area contributed by atoms with Gasteiger partial charge in [-0.1, -0.05) is 66.2 Å². The summed E-state index contributed by atoms with van der Waals surface area (Å²) in [5.41, 5.74) is 2.38. The largest absolute Gasteiger partial charge is 0.416 e.